The first-order valence-electron chi connectivity index (χ1n) is 5.94. The summed E-state index contributed by atoms with van der Waals surface area (Å²) in [4.78, 5) is 0. The molecule has 0 saturated heterocycles. The molecule has 1 N–H and O–H groups in total. The summed E-state index contributed by atoms with van der Waals surface area (Å²) in [6.45, 7) is 0.781. The standard InChI is InChI=1S/C11H16ClF4N3O/c1-3-17-8(9-7(12)4-18-19(9)2)5-20-6-11(15,16)10(13)14/h4,8,10,17H,3,5-6H2,1-2H3. The van der Waals surface area contributed by atoms with E-state index in [0.29, 0.717) is 17.3 Å². The minimum absolute atomic E-state index is 0.213. The van der Waals surface area contributed by atoms with Gasteiger partial charge in [-0.2, -0.15) is 13.9 Å². The molecule has 9 heteroatoms. The van der Waals surface area contributed by atoms with Gasteiger partial charge in [0.05, 0.1) is 29.6 Å². The molecule has 0 spiro atoms. The number of alkyl halides is 4. The van der Waals surface area contributed by atoms with Gasteiger partial charge in [0.25, 0.3) is 0 Å². The number of hydrogen-bond acceptors (Lipinski definition) is 3. The monoisotopic (exact) mass is 317 g/mol. The second kappa shape index (κ2) is 7.24. The number of nitrogens with one attached hydrogen (secondary N) is 1. The van der Waals surface area contributed by atoms with Gasteiger partial charge < -0.3 is 10.1 Å². The summed E-state index contributed by atoms with van der Waals surface area (Å²) in [7, 11) is 1.64. The van der Waals surface area contributed by atoms with Gasteiger partial charge in [-0.15, -0.1) is 0 Å². The molecule has 0 aromatic carbocycles. The highest BCUT2D eigenvalue weighted by atomic mass is 35.5. The third-order valence-corrected chi connectivity index (χ3v) is 2.91. The van der Waals surface area contributed by atoms with E-state index < -0.39 is 25.0 Å². The first kappa shape index (κ1) is 17.2. The maximum absolute atomic E-state index is 12.7. The van der Waals surface area contributed by atoms with Gasteiger partial charge in [0, 0.05) is 7.05 Å². The van der Waals surface area contributed by atoms with Crippen LogP contribution in [-0.4, -0.2) is 41.9 Å². The van der Waals surface area contributed by atoms with E-state index in [1.54, 1.807) is 7.05 Å². The molecule has 4 nitrogen and oxygen atoms in total. The maximum Gasteiger partial charge on any atom is 0.330 e. The van der Waals surface area contributed by atoms with E-state index >= 15 is 0 Å². The minimum Gasteiger partial charge on any atom is -0.373 e. The molecule has 1 atom stereocenters. The number of likely N-dealkylation sites (N-methyl/N-ethyl adjacent to an activating group) is 1. The van der Waals surface area contributed by atoms with Crippen LogP contribution in [0.3, 0.4) is 0 Å². The number of aromatic nitrogens is 2. The van der Waals surface area contributed by atoms with Crippen molar-refractivity contribution in [2.45, 2.75) is 25.3 Å². The van der Waals surface area contributed by atoms with Crippen molar-refractivity contribution >= 4 is 11.6 Å². The van der Waals surface area contributed by atoms with Crippen LogP contribution in [0.5, 0.6) is 0 Å². The molecular formula is C11H16ClF4N3O. The lowest BCUT2D eigenvalue weighted by atomic mass is 10.2. The predicted octanol–water partition coefficient (Wildman–Crippen LogP) is 2.64. The Hall–Kier alpha value is -0.860. The van der Waals surface area contributed by atoms with Crippen LogP contribution in [0.2, 0.25) is 5.02 Å². The molecule has 0 saturated carbocycles. The molecule has 1 aromatic rings. The van der Waals surface area contributed by atoms with Crippen molar-refractivity contribution in [3.63, 3.8) is 0 Å². The maximum atomic E-state index is 12.7. The van der Waals surface area contributed by atoms with Gasteiger partial charge in [0.2, 0.25) is 0 Å². The Morgan fingerprint density at radius 3 is 2.60 bits per heavy atom. The van der Waals surface area contributed by atoms with Crippen molar-refractivity contribution in [2.75, 3.05) is 19.8 Å². The fourth-order valence-electron chi connectivity index (χ4n) is 1.67. The molecule has 0 aliphatic carbocycles. The van der Waals surface area contributed by atoms with Crippen molar-refractivity contribution in [2.24, 2.45) is 7.05 Å². The highest BCUT2D eigenvalue weighted by Crippen LogP contribution is 2.25. The molecule has 0 radical (unpaired) electrons. The van der Waals surface area contributed by atoms with Crippen molar-refractivity contribution in [3.8, 4) is 0 Å². The van der Waals surface area contributed by atoms with Crippen molar-refractivity contribution in [1.82, 2.24) is 15.1 Å². The number of rotatable bonds is 8. The van der Waals surface area contributed by atoms with Crippen molar-refractivity contribution in [1.29, 1.82) is 0 Å². The normalized spacial score (nSPS) is 14.0. The number of hydrogen-bond donors (Lipinski definition) is 1. The largest absolute Gasteiger partial charge is 0.373 e. The molecule has 0 bridgehead atoms. The molecule has 0 amide bonds. The molecule has 0 fully saturated rings. The predicted molar refractivity (Wildman–Crippen MR) is 66.4 cm³/mol. The van der Waals surface area contributed by atoms with Crippen molar-refractivity contribution < 1.29 is 22.3 Å². The average molecular weight is 318 g/mol. The summed E-state index contributed by atoms with van der Waals surface area (Å²) in [6, 6.07) is -0.506. The highest BCUT2D eigenvalue weighted by molar-refractivity contribution is 6.31. The van der Waals surface area contributed by atoms with E-state index in [9.17, 15) is 17.6 Å². The molecule has 1 rings (SSSR count). The van der Waals surface area contributed by atoms with Crippen LogP contribution < -0.4 is 5.32 Å². The van der Waals surface area contributed by atoms with Gasteiger partial charge in [0.1, 0.15) is 6.61 Å². The van der Waals surface area contributed by atoms with E-state index in [2.05, 4.69) is 10.4 Å². The lowest BCUT2D eigenvalue weighted by Gasteiger charge is -2.21. The Kier molecular flexibility index (Phi) is 6.22. The first-order valence-corrected chi connectivity index (χ1v) is 6.31. The third kappa shape index (κ3) is 4.32. The minimum atomic E-state index is -4.16. The Balaban J connectivity index is 2.66. The molecular weight excluding hydrogens is 302 g/mol. The van der Waals surface area contributed by atoms with E-state index in [0.717, 1.165) is 0 Å². The molecule has 1 heterocycles. The highest BCUT2D eigenvalue weighted by Gasteiger charge is 2.41. The Bertz CT molecular complexity index is 408. The second-order valence-electron chi connectivity index (χ2n) is 4.19. The van der Waals surface area contributed by atoms with Gasteiger partial charge in [-0.3, -0.25) is 4.68 Å². The quantitative estimate of drug-likeness (QED) is 0.749. The summed E-state index contributed by atoms with van der Waals surface area (Å²) in [6.07, 6.45) is -2.34. The molecule has 0 aliphatic heterocycles. The fraction of sp³-hybridized carbons (Fsp3) is 0.727. The summed E-state index contributed by atoms with van der Waals surface area (Å²) in [5, 5.41) is 7.25. The lowest BCUT2D eigenvalue weighted by Crippen LogP contribution is -2.35. The molecule has 20 heavy (non-hydrogen) atoms. The SMILES string of the molecule is CCNC(COCC(F)(F)C(F)F)c1c(Cl)cnn1C. The smallest absolute Gasteiger partial charge is 0.330 e. The lowest BCUT2D eigenvalue weighted by molar-refractivity contribution is -0.167. The van der Waals surface area contributed by atoms with Crippen LogP contribution in [0.4, 0.5) is 17.6 Å². The zero-order valence-electron chi connectivity index (χ0n) is 11.0. The summed E-state index contributed by atoms with van der Waals surface area (Å²) in [5.41, 5.74) is 0.550. The Labute approximate surface area is 119 Å². The molecule has 116 valence electrons. The van der Waals surface area contributed by atoms with Crippen LogP contribution in [0.15, 0.2) is 6.20 Å². The summed E-state index contributed by atoms with van der Waals surface area (Å²) < 4.78 is 55.7. The van der Waals surface area contributed by atoms with E-state index in [4.69, 9.17) is 16.3 Å². The van der Waals surface area contributed by atoms with Gasteiger partial charge >= 0.3 is 12.3 Å². The molecule has 1 unspecified atom stereocenters. The van der Waals surface area contributed by atoms with Crippen LogP contribution in [0, 0.1) is 0 Å². The number of aryl methyl sites for hydroxylation is 1. The van der Waals surface area contributed by atoms with Gasteiger partial charge in [-0.25, -0.2) is 8.78 Å². The third-order valence-electron chi connectivity index (χ3n) is 2.62. The first-order chi connectivity index (χ1) is 9.29. The number of nitrogens with zero attached hydrogens (tertiary/aromatic N) is 2. The topological polar surface area (TPSA) is 39.1 Å². The zero-order chi connectivity index (χ0) is 15.3. The van der Waals surface area contributed by atoms with Gasteiger partial charge in [0.15, 0.2) is 0 Å². The van der Waals surface area contributed by atoms with Gasteiger partial charge in [-0.1, -0.05) is 18.5 Å². The van der Waals surface area contributed by atoms with E-state index in [1.807, 2.05) is 6.92 Å². The fourth-order valence-corrected chi connectivity index (χ4v) is 1.97. The Morgan fingerprint density at radius 1 is 1.50 bits per heavy atom. The number of ether oxygens (including phenoxy) is 1. The summed E-state index contributed by atoms with van der Waals surface area (Å²) >= 11 is 5.95. The van der Waals surface area contributed by atoms with E-state index in [-0.39, 0.29) is 6.61 Å². The van der Waals surface area contributed by atoms with E-state index in [1.165, 1.54) is 10.9 Å². The van der Waals surface area contributed by atoms with Crippen LogP contribution in [-0.2, 0) is 11.8 Å². The number of halogens is 5. The van der Waals surface area contributed by atoms with Crippen LogP contribution in [0.1, 0.15) is 18.7 Å². The molecule has 0 aliphatic rings. The van der Waals surface area contributed by atoms with Gasteiger partial charge in [-0.05, 0) is 6.54 Å². The summed E-state index contributed by atoms with van der Waals surface area (Å²) in [5.74, 6) is -4.16. The van der Waals surface area contributed by atoms with Crippen molar-refractivity contribution in [3.05, 3.63) is 16.9 Å². The zero-order valence-corrected chi connectivity index (χ0v) is 11.8. The molecule has 1 aromatic heterocycles. The second-order valence-corrected chi connectivity index (χ2v) is 4.60. The van der Waals surface area contributed by atoms with Crippen LogP contribution in [0.25, 0.3) is 0 Å². The average Bonchev–Trinajstić information content (AvgIpc) is 2.68. The van der Waals surface area contributed by atoms with Crippen LogP contribution >= 0.6 is 11.6 Å². The Morgan fingerprint density at radius 2 is 2.15 bits per heavy atom.